The zero-order valence-corrected chi connectivity index (χ0v) is 12.0. The van der Waals surface area contributed by atoms with Gasteiger partial charge in [0.15, 0.2) is 0 Å². The second-order valence-electron chi connectivity index (χ2n) is 4.86. The molecule has 0 atom stereocenters. The lowest BCUT2D eigenvalue weighted by Crippen LogP contribution is -2.43. The molecule has 8 nitrogen and oxygen atoms in total. The van der Waals surface area contributed by atoms with Crippen LogP contribution in [0.3, 0.4) is 0 Å². The Morgan fingerprint density at radius 1 is 1.24 bits per heavy atom. The molecule has 4 N–H and O–H groups in total. The SMILES string of the molecule is CCC(CC)(CNC(=O)Cc1cc(=O)[nH]c(=O)[nH]1)C(=O)O. The number of nitrogens with one attached hydrogen (secondary N) is 3. The first-order valence-corrected chi connectivity index (χ1v) is 6.65. The molecule has 0 spiro atoms. The van der Waals surface area contributed by atoms with E-state index in [-0.39, 0.29) is 18.7 Å². The highest BCUT2D eigenvalue weighted by Crippen LogP contribution is 2.25. The first kappa shape index (κ1) is 16.7. The van der Waals surface area contributed by atoms with Crippen LogP contribution in [-0.2, 0) is 16.0 Å². The molecule has 1 aromatic rings. The van der Waals surface area contributed by atoms with E-state index in [0.29, 0.717) is 12.8 Å². The maximum atomic E-state index is 11.8. The minimum atomic E-state index is -1.00. The van der Waals surface area contributed by atoms with E-state index in [1.807, 2.05) is 4.98 Å². The Bertz CT molecular complexity index is 599. The Kier molecular flexibility index (Phi) is 5.45. The fourth-order valence-electron chi connectivity index (χ4n) is 2.00. The molecule has 1 aromatic heterocycles. The lowest BCUT2D eigenvalue weighted by Gasteiger charge is -2.26. The van der Waals surface area contributed by atoms with Crippen molar-refractivity contribution < 1.29 is 14.7 Å². The molecule has 0 aromatic carbocycles. The monoisotopic (exact) mass is 297 g/mol. The van der Waals surface area contributed by atoms with Crippen LogP contribution in [-0.4, -0.2) is 33.5 Å². The molecule has 0 radical (unpaired) electrons. The molecule has 0 bridgehead atoms. The number of carbonyl (C=O) groups is 2. The fraction of sp³-hybridized carbons (Fsp3) is 0.538. The van der Waals surface area contributed by atoms with Gasteiger partial charge >= 0.3 is 11.7 Å². The molecule has 1 amide bonds. The zero-order valence-electron chi connectivity index (χ0n) is 12.0. The summed E-state index contributed by atoms with van der Waals surface area (Å²) in [4.78, 5) is 49.6. The van der Waals surface area contributed by atoms with Crippen molar-refractivity contribution in [3.05, 3.63) is 32.6 Å². The molecule has 0 aliphatic rings. The Hall–Kier alpha value is -2.38. The van der Waals surface area contributed by atoms with Crippen LogP contribution in [0, 0.1) is 5.41 Å². The molecular weight excluding hydrogens is 278 g/mol. The molecule has 21 heavy (non-hydrogen) atoms. The summed E-state index contributed by atoms with van der Waals surface area (Å²) in [6.45, 7) is 3.50. The Labute approximate surface area is 120 Å². The number of hydrogen-bond acceptors (Lipinski definition) is 4. The molecule has 0 saturated heterocycles. The quantitative estimate of drug-likeness (QED) is 0.544. The highest BCUT2D eigenvalue weighted by molar-refractivity contribution is 5.80. The Morgan fingerprint density at radius 3 is 2.33 bits per heavy atom. The molecule has 8 heteroatoms. The van der Waals surface area contributed by atoms with Gasteiger partial charge in [-0.15, -0.1) is 0 Å². The highest BCUT2D eigenvalue weighted by Gasteiger charge is 2.35. The topological polar surface area (TPSA) is 132 Å². The Morgan fingerprint density at radius 2 is 1.86 bits per heavy atom. The molecule has 1 rings (SSSR count). The number of aromatic amines is 2. The smallest absolute Gasteiger partial charge is 0.325 e. The van der Waals surface area contributed by atoms with Crippen molar-refractivity contribution in [1.29, 1.82) is 0 Å². The van der Waals surface area contributed by atoms with Crippen molar-refractivity contribution in [2.45, 2.75) is 33.1 Å². The minimum absolute atomic E-state index is 0.00158. The van der Waals surface area contributed by atoms with E-state index in [1.165, 1.54) is 0 Å². The number of aromatic nitrogens is 2. The fourth-order valence-corrected chi connectivity index (χ4v) is 2.00. The van der Waals surface area contributed by atoms with Crippen LogP contribution in [0.1, 0.15) is 32.4 Å². The van der Waals surface area contributed by atoms with Crippen LogP contribution in [0.4, 0.5) is 0 Å². The van der Waals surface area contributed by atoms with Gasteiger partial charge in [-0.1, -0.05) is 13.8 Å². The predicted octanol–water partition coefficient (Wildman–Crippen LogP) is -0.387. The van der Waals surface area contributed by atoms with Gasteiger partial charge < -0.3 is 15.4 Å². The second-order valence-corrected chi connectivity index (χ2v) is 4.86. The van der Waals surface area contributed by atoms with Gasteiger partial charge in [-0.25, -0.2) is 4.79 Å². The van der Waals surface area contributed by atoms with E-state index >= 15 is 0 Å². The van der Waals surface area contributed by atoms with Crippen molar-refractivity contribution in [2.24, 2.45) is 5.41 Å². The first-order chi connectivity index (χ1) is 9.82. The third kappa shape index (κ3) is 4.30. The standard InChI is InChI=1S/C13H19N3O5/c1-3-13(4-2,11(19)20)7-14-9(17)5-8-6-10(18)16-12(21)15-8/h6H,3-5,7H2,1-2H3,(H,14,17)(H,19,20)(H2,15,16,18,21). The third-order valence-electron chi connectivity index (χ3n) is 3.60. The third-order valence-corrected chi connectivity index (χ3v) is 3.60. The lowest BCUT2D eigenvalue weighted by atomic mass is 9.82. The predicted molar refractivity (Wildman–Crippen MR) is 75.0 cm³/mol. The summed E-state index contributed by atoms with van der Waals surface area (Å²) in [6, 6.07) is 1.12. The molecular formula is C13H19N3O5. The molecule has 0 unspecified atom stereocenters. The average molecular weight is 297 g/mol. The van der Waals surface area contributed by atoms with Crippen LogP contribution in [0.2, 0.25) is 0 Å². The van der Waals surface area contributed by atoms with Crippen molar-refractivity contribution in [2.75, 3.05) is 6.54 Å². The molecule has 0 aliphatic carbocycles. The highest BCUT2D eigenvalue weighted by atomic mass is 16.4. The van der Waals surface area contributed by atoms with Crippen molar-refractivity contribution in [1.82, 2.24) is 15.3 Å². The average Bonchev–Trinajstić information content (AvgIpc) is 2.38. The summed E-state index contributed by atoms with van der Waals surface area (Å²) >= 11 is 0. The normalized spacial score (nSPS) is 11.1. The van der Waals surface area contributed by atoms with Gasteiger partial charge in [0.05, 0.1) is 11.8 Å². The van der Waals surface area contributed by atoms with E-state index in [9.17, 15) is 24.3 Å². The van der Waals surface area contributed by atoms with Gasteiger partial charge in [-0.2, -0.15) is 0 Å². The number of aliphatic carboxylic acids is 1. The molecule has 116 valence electrons. The number of hydrogen-bond donors (Lipinski definition) is 4. The van der Waals surface area contributed by atoms with Crippen LogP contribution in [0.15, 0.2) is 15.7 Å². The summed E-state index contributed by atoms with van der Waals surface area (Å²) in [5.41, 5.74) is -2.11. The van der Waals surface area contributed by atoms with E-state index in [1.54, 1.807) is 13.8 Å². The number of carboxylic acid groups (broad SMARTS) is 1. The van der Waals surface area contributed by atoms with E-state index in [0.717, 1.165) is 6.07 Å². The molecule has 0 aliphatic heterocycles. The first-order valence-electron chi connectivity index (χ1n) is 6.65. The van der Waals surface area contributed by atoms with E-state index in [4.69, 9.17) is 0 Å². The van der Waals surface area contributed by atoms with Gasteiger partial charge in [-0.3, -0.25) is 19.4 Å². The zero-order chi connectivity index (χ0) is 16.0. The Balaban J connectivity index is 2.71. The van der Waals surface area contributed by atoms with Gasteiger partial charge in [0.25, 0.3) is 5.56 Å². The van der Waals surface area contributed by atoms with Crippen molar-refractivity contribution >= 4 is 11.9 Å². The van der Waals surface area contributed by atoms with Gasteiger partial charge in [-0.05, 0) is 12.8 Å². The van der Waals surface area contributed by atoms with Gasteiger partial charge in [0.1, 0.15) is 0 Å². The number of H-pyrrole nitrogens is 2. The summed E-state index contributed by atoms with van der Waals surface area (Å²) in [5.74, 6) is -1.42. The molecule has 1 heterocycles. The maximum Gasteiger partial charge on any atom is 0.325 e. The largest absolute Gasteiger partial charge is 0.481 e. The van der Waals surface area contributed by atoms with Gasteiger partial charge in [0, 0.05) is 18.3 Å². The molecule has 0 fully saturated rings. The van der Waals surface area contributed by atoms with E-state index < -0.39 is 28.5 Å². The number of amides is 1. The van der Waals surface area contributed by atoms with E-state index in [2.05, 4.69) is 10.3 Å². The number of carbonyl (C=O) groups excluding carboxylic acids is 1. The van der Waals surface area contributed by atoms with Gasteiger partial charge in [0.2, 0.25) is 5.91 Å². The lowest BCUT2D eigenvalue weighted by molar-refractivity contribution is -0.149. The van der Waals surface area contributed by atoms with Crippen LogP contribution in [0.5, 0.6) is 0 Å². The van der Waals surface area contributed by atoms with Crippen molar-refractivity contribution in [3.63, 3.8) is 0 Å². The minimum Gasteiger partial charge on any atom is -0.481 e. The second kappa shape index (κ2) is 6.87. The number of carboxylic acids is 1. The van der Waals surface area contributed by atoms with Crippen LogP contribution in [0.25, 0.3) is 0 Å². The van der Waals surface area contributed by atoms with Crippen LogP contribution >= 0.6 is 0 Å². The summed E-state index contributed by atoms with van der Waals surface area (Å²) < 4.78 is 0. The van der Waals surface area contributed by atoms with Crippen molar-refractivity contribution in [3.8, 4) is 0 Å². The van der Waals surface area contributed by atoms with Crippen LogP contribution < -0.4 is 16.6 Å². The number of rotatable bonds is 7. The molecule has 0 saturated carbocycles. The summed E-state index contributed by atoms with van der Waals surface area (Å²) in [5, 5.41) is 11.8. The summed E-state index contributed by atoms with van der Waals surface area (Å²) in [7, 11) is 0. The summed E-state index contributed by atoms with van der Waals surface area (Å²) in [6.07, 6.45) is 0.587. The maximum absolute atomic E-state index is 11.8.